The van der Waals surface area contributed by atoms with E-state index in [2.05, 4.69) is 9.97 Å². The summed E-state index contributed by atoms with van der Waals surface area (Å²) in [5, 5.41) is -0.0736. The molecular formula is C12H11F2N3OS. The number of fused-ring (bicyclic) bond motifs is 1. The van der Waals surface area contributed by atoms with E-state index in [1.807, 2.05) is 0 Å². The second-order valence-electron chi connectivity index (χ2n) is 4.73. The second-order valence-corrected chi connectivity index (χ2v) is 5.11. The Hall–Kier alpha value is -1.63. The molecule has 3 rings (SSSR count). The van der Waals surface area contributed by atoms with Crippen molar-refractivity contribution in [2.45, 2.75) is 25.2 Å². The number of H-pyrrole nitrogens is 1. The summed E-state index contributed by atoms with van der Waals surface area (Å²) >= 11 is 4.98. The lowest BCUT2D eigenvalue weighted by Crippen LogP contribution is -2.16. The molecule has 2 aromatic heterocycles. The number of hydrogen-bond acceptors (Lipinski definition) is 3. The van der Waals surface area contributed by atoms with Gasteiger partial charge in [0.1, 0.15) is 5.65 Å². The number of aryl methyl sites for hydroxylation is 1. The number of nitrogens with one attached hydrogen (secondary N) is 1. The fourth-order valence-corrected chi connectivity index (χ4v) is 2.33. The van der Waals surface area contributed by atoms with Gasteiger partial charge in [0.05, 0.1) is 5.39 Å². The zero-order valence-corrected chi connectivity index (χ0v) is 10.9. The molecule has 0 saturated heterocycles. The molecule has 4 nitrogen and oxygen atoms in total. The number of aromatic amines is 1. The van der Waals surface area contributed by atoms with E-state index in [4.69, 9.17) is 12.2 Å². The molecule has 2 aromatic rings. The van der Waals surface area contributed by atoms with Crippen molar-refractivity contribution < 1.29 is 8.78 Å². The lowest BCUT2D eigenvalue weighted by molar-refractivity contribution is 0.153. The molecule has 0 bridgehead atoms. The van der Waals surface area contributed by atoms with E-state index in [-0.39, 0.29) is 27.3 Å². The highest BCUT2D eigenvalue weighted by Gasteiger charge is 2.28. The molecule has 0 atom stereocenters. The molecular weight excluding hydrogens is 272 g/mol. The number of nitrogens with zero attached hydrogens (tertiary/aromatic N) is 2. The zero-order valence-electron chi connectivity index (χ0n) is 10.1. The van der Waals surface area contributed by atoms with Crippen LogP contribution in [0.1, 0.15) is 36.4 Å². The molecule has 1 aliphatic rings. The van der Waals surface area contributed by atoms with Gasteiger partial charge in [0.15, 0.2) is 4.77 Å². The van der Waals surface area contributed by atoms with Gasteiger partial charge < -0.3 is 4.57 Å². The molecule has 1 aliphatic carbocycles. The molecule has 7 heteroatoms. The Bertz CT molecular complexity index is 777. The summed E-state index contributed by atoms with van der Waals surface area (Å²) in [6, 6.07) is 1.35. The van der Waals surface area contributed by atoms with Gasteiger partial charge in [0.25, 0.3) is 12.0 Å². The van der Waals surface area contributed by atoms with E-state index in [0.29, 0.717) is 5.69 Å². The third kappa shape index (κ3) is 1.98. The van der Waals surface area contributed by atoms with Gasteiger partial charge in [-0.1, -0.05) is 0 Å². The van der Waals surface area contributed by atoms with Crippen LogP contribution in [0.4, 0.5) is 8.78 Å². The quantitative estimate of drug-likeness (QED) is 0.862. The highest BCUT2D eigenvalue weighted by Crippen LogP contribution is 2.40. The number of halogens is 2. The normalized spacial score (nSPS) is 15.4. The largest absolute Gasteiger partial charge is 0.306 e. The van der Waals surface area contributed by atoms with Crippen molar-refractivity contribution in [3.05, 3.63) is 32.4 Å². The fraction of sp³-hybridized carbons (Fsp3) is 0.417. The van der Waals surface area contributed by atoms with Crippen LogP contribution in [0.15, 0.2) is 10.9 Å². The van der Waals surface area contributed by atoms with Crippen molar-refractivity contribution >= 4 is 23.3 Å². The average Bonchev–Trinajstić information content (AvgIpc) is 3.18. The predicted molar refractivity (Wildman–Crippen MR) is 69.1 cm³/mol. The molecule has 19 heavy (non-hydrogen) atoms. The van der Waals surface area contributed by atoms with Gasteiger partial charge >= 0.3 is 0 Å². The van der Waals surface area contributed by atoms with Gasteiger partial charge in [-0.2, -0.15) is 0 Å². The van der Waals surface area contributed by atoms with Crippen molar-refractivity contribution in [2.75, 3.05) is 0 Å². The Morgan fingerprint density at radius 3 is 2.79 bits per heavy atom. The Morgan fingerprint density at radius 2 is 2.21 bits per heavy atom. The van der Waals surface area contributed by atoms with Crippen LogP contribution < -0.4 is 5.56 Å². The van der Waals surface area contributed by atoms with Crippen LogP contribution in [0.5, 0.6) is 0 Å². The van der Waals surface area contributed by atoms with Crippen LogP contribution in [0.3, 0.4) is 0 Å². The summed E-state index contributed by atoms with van der Waals surface area (Å²) in [4.78, 5) is 18.6. The first-order chi connectivity index (χ1) is 8.99. The highest BCUT2D eigenvalue weighted by atomic mass is 32.1. The molecule has 0 aliphatic heterocycles. The minimum absolute atomic E-state index is 0.0736. The number of rotatable bonds is 2. The summed E-state index contributed by atoms with van der Waals surface area (Å²) < 4.78 is 28.0. The lowest BCUT2D eigenvalue weighted by atomic mass is 10.1. The summed E-state index contributed by atoms with van der Waals surface area (Å²) in [6.45, 7) is 0. The van der Waals surface area contributed by atoms with E-state index < -0.39 is 12.0 Å². The van der Waals surface area contributed by atoms with Crippen LogP contribution in [0, 0.1) is 4.77 Å². The SMILES string of the molecule is Cn1c(=S)[nH]c(=O)c2c(C(F)F)cc(C3CC3)nc21. The van der Waals surface area contributed by atoms with E-state index in [0.717, 1.165) is 12.8 Å². The number of hydrogen-bond donors (Lipinski definition) is 1. The molecule has 100 valence electrons. The Kier molecular flexibility index (Phi) is 2.74. The summed E-state index contributed by atoms with van der Waals surface area (Å²) in [5.41, 5.74) is -0.0196. The average molecular weight is 283 g/mol. The van der Waals surface area contributed by atoms with Crippen molar-refractivity contribution in [1.82, 2.24) is 14.5 Å². The standard InChI is InChI=1S/C12H11F2N3OS/c1-17-10-8(11(18)16-12(17)19)6(9(13)14)4-7(15-10)5-2-3-5/h4-5,9H,2-3H2,1H3,(H,16,18,19). The smallest absolute Gasteiger partial charge is 0.264 e. The molecule has 0 radical (unpaired) electrons. The first kappa shape index (κ1) is 12.4. The summed E-state index contributed by atoms with van der Waals surface area (Å²) in [5.74, 6) is 0.231. The zero-order chi connectivity index (χ0) is 13.7. The van der Waals surface area contributed by atoms with Crippen LogP contribution in [-0.2, 0) is 7.05 Å². The van der Waals surface area contributed by atoms with Crippen molar-refractivity contribution in [3.63, 3.8) is 0 Å². The predicted octanol–water partition coefficient (Wildman–Crippen LogP) is 2.81. The van der Waals surface area contributed by atoms with Crippen molar-refractivity contribution in [1.29, 1.82) is 0 Å². The van der Waals surface area contributed by atoms with Gasteiger partial charge in [-0.3, -0.25) is 9.78 Å². The highest BCUT2D eigenvalue weighted by molar-refractivity contribution is 7.71. The van der Waals surface area contributed by atoms with Crippen molar-refractivity contribution in [2.24, 2.45) is 7.05 Å². The molecule has 1 fully saturated rings. The maximum absolute atomic E-state index is 13.2. The molecule has 1 N–H and O–H groups in total. The summed E-state index contributed by atoms with van der Waals surface area (Å²) in [6.07, 6.45) is -0.802. The van der Waals surface area contributed by atoms with Gasteiger partial charge in [-0.15, -0.1) is 0 Å². The Balaban J connectivity index is 2.47. The Morgan fingerprint density at radius 1 is 1.53 bits per heavy atom. The molecule has 0 aromatic carbocycles. The third-order valence-electron chi connectivity index (χ3n) is 3.35. The van der Waals surface area contributed by atoms with Crippen molar-refractivity contribution in [3.8, 4) is 0 Å². The summed E-state index contributed by atoms with van der Waals surface area (Å²) in [7, 11) is 1.61. The maximum Gasteiger partial charge on any atom is 0.264 e. The third-order valence-corrected chi connectivity index (χ3v) is 3.73. The molecule has 0 spiro atoms. The van der Waals surface area contributed by atoms with Crippen LogP contribution in [0.2, 0.25) is 0 Å². The van der Waals surface area contributed by atoms with Crippen LogP contribution in [0.25, 0.3) is 11.0 Å². The minimum Gasteiger partial charge on any atom is -0.306 e. The van der Waals surface area contributed by atoms with Crippen LogP contribution >= 0.6 is 12.2 Å². The number of alkyl halides is 2. The van der Waals surface area contributed by atoms with Gasteiger partial charge in [-0.25, -0.2) is 13.8 Å². The fourth-order valence-electron chi connectivity index (χ4n) is 2.15. The number of aromatic nitrogens is 3. The first-order valence-corrected chi connectivity index (χ1v) is 6.32. The monoisotopic (exact) mass is 283 g/mol. The molecule has 2 heterocycles. The van der Waals surface area contributed by atoms with Gasteiger partial charge in [-0.05, 0) is 31.1 Å². The van der Waals surface area contributed by atoms with E-state index in [1.165, 1.54) is 10.6 Å². The van der Waals surface area contributed by atoms with E-state index in [1.54, 1.807) is 7.05 Å². The lowest BCUT2D eigenvalue weighted by Gasteiger charge is -2.10. The molecule has 1 saturated carbocycles. The van der Waals surface area contributed by atoms with E-state index >= 15 is 0 Å². The van der Waals surface area contributed by atoms with Gasteiger partial charge in [0.2, 0.25) is 0 Å². The molecule has 0 amide bonds. The minimum atomic E-state index is -2.71. The Labute approximate surface area is 112 Å². The first-order valence-electron chi connectivity index (χ1n) is 5.91. The maximum atomic E-state index is 13.2. The van der Waals surface area contributed by atoms with Crippen LogP contribution in [-0.4, -0.2) is 14.5 Å². The molecule has 0 unspecified atom stereocenters. The second kappa shape index (κ2) is 4.19. The van der Waals surface area contributed by atoms with E-state index in [9.17, 15) is 13.6 Å². The number of pyridine rings is 1. The topological polar surface area (TPSA) is 50.7 Å². The van der Waals surface area contributed by atoms with Gasteiger partial charge in [0, 0.05) is 24.2 Å².